The molecule has 34 heavy (non-hydrogen) atoms. The van der Waals surface area contributed by atoms with Gasteiger partial charge in [0.1, 0.15) is 12.4 Å². The van der Waals surface area contributed by atoms with Crippen LogP contribution < -0.4 is 9.64 Å². The van der Waals surface area contributed by atoms with Crippen LogP contribution in [0.4, 0.5) is 17.1 Å². The predicted molar refractivity (Wildman–Crippen MR) is 134 cm³/mol. The van der Waals surface area contributed by atoms with Crippen molar-refractivity contribution in [3.05, 3.63) is 122 Å². The van der Waals surface area contributed by atoms with Gasteiger partial charge in [-0.2, -0.15) is 0 Å². The maximum atomic E-state index is 11.5. The third kappa shape index (κ3) is 5.22. The maximum absolute atomic E-state index is 11.5. The van der Waals surface area contributed by atoms with E-state index in [-0.39, 0.29) is 6.61 Å². The summed E-state index contributed by atoms with van der Waals surface area (Å²) in [6.07, 6.45) is 2.27. The number of ether oxygens (including phenoxy) is 2. The fourth-order valence-corrected chi connectivity index (χ4v) is 3.54. The molecule has 0 N–H and O–H groups in total. The van der Waals surface area contributed by atoms with Gasteiger partial charge in [0, 0.05) is 29.2 Å². The number of esters is 2. The molecule has 0 aromatic heterocycles. The zero-order valence-electron chi connectivity index (χ0n) is 18.5. The van der Waals surface area contributed by atoms with Crippen LogP contribution in [0.3, 0.4) is 0 Å². The van der Waals surface area contributed by atoms with Crippen LogP contribution in [0.2, 0.25) is 0 Å². The normalized spacial score (nSPS) is 10.4. The Kier molecular flexibility index (Phi) is 6.84. The van der Waals surface area contributed by atoms with Crippen LogP contribution in [-0.2, 0) is 20.9 Å². The van der Waals surface area contributed by atoms with Crippen molar-refractivity contribution in [2.45, 2.75) is 6.61 Å². The Morgan fingerprint density at radius 2 is 1.29 bits per heavy atom. The highest BCUT2D eigenvalue weighted by molar-refractivity contribution is 5.89. The number of hydrogen-bond donors (Lipinski definition) is 0. The van der Waals surface area contributed by atoms with Crippen molar-refractivity contribution in [2.24, 2.45) is 0 Å². The largest absolute Gasteiger partial charge is 0.458 e. The highest BCUT2D eigenvalue weighted by atomic mass is 16.5. The van der Waals surface area contributed by atoms with E-state index in [0.29, 0.717) is 5.75 Å². The van der Waals surface area contributed by atoms with Crippen LogP contribution in [0, 0.1) is 0 Å². The second kappa shape index (κ2) is 10.3. The molecule has 5 nitrogen and oxygen atoms in total. The molecule has 4 aromatic carbocycles. The first kappa shape index (κ1) is 22.6. The minimum absolute atomic E-state index is 0.171. The Hall–Kier alpha value is -4.64. The molecule has 0 aliphatic carbocycles. The van der Waals surface area contributed by atoms with Crippen molar-refractivity contribution in [2.75, 3.05) is 4.90 Å². The second-order valence-corrected chi connectivity index (χ2v) is 7.46. The number of hydrogen-bond acceptors (Lipinski definition) is 5. The molecule has 0 atom stereocenters. The van der Waals surface area contributed by atoms with E-state index in [0.717, 1.165) is 45.6 Å². The van der Waals surface area contributed by atoms with Gasteiger partial charge in [0.15, 0.2) is 0 Å². The van der Waals surface area contributed by atoms with Crippen LogP contribution in [0.25, 0.3) is 10.8 Å². The third-order valence-corrected chi connectivity index (χ3v) is 5.21. The lowest BCUT2D eigenvalue weighted by atomic mass is 10.1. The topological polar surface area (TPSA) is 55.8 Å². The van der Waals surface area contributed by atoms with Gasteiger partial charge in [0.05, 0.1) is 0 Å². The minimum Gasteiger partial charge on any atom is -0.458 e. The lowest BCUT2D eigenvalue weighted by molar-refractivity contribution is -0.139. The van der Waals surface area contributed by atoms with Gasteiger partial charge in [-0.25, -0.2) is 9.59 Å². The summed E-state index contributed by atoms with van der Waals surface area (Å²) in [7, 11) is 0. The number of anilines is 3. The van der Waals surface area contributed by atoms with Crippen LogP contribution in [0.15, 0.2) is 116 Å². The number of fused-ring (bicyclic) bond motifs is 1. The predicted octanol–water partition coefficient (Wildman–Crippen LogP) is 6.63. The Balaban J connectivity index is 1.70. The fraction of sp³-hybridized carbons (Fsp3) is 0.0345. The Morgan fingerprint density at radius 1 is 0.706 bits per heavy atom. The van der Waals surface area contributed by atoms with Crippen LogP contribution in [-0.4, -0.2) is 11.9 Å². The Labute approximate surface area is 198 Å². The molecular weight excluding hydrogens is 426 g/mol. The molecule has 0 fully saturated rings. The van der Waals surface area contributed by atoms with Crippen LogP contribution in [0.1, 0.15) is 5.56 Å². The summed E-state index contributed by atoms with van der Waals surface area (Å²) < 4.78 is 10.3. The molecular formula is C29H23NO4. The average molecular weight is 450 g/mol. The van der Waals surface area contributed by atoms with Gasteiger partial charge in [-0.15, -0.1) is 0 Å². The van der Waals surface area contributed by atoms with Crippen molar-refractivity contribution < 1.29 is 19.1 Å². The van der Waals surface area contributed by atoms with Gasteiger partial charge >= 0.3 is 11.9 Å². The van der Waals surface area contributed by atoms with Crippen LogP contribution >= 0.6 is 0 Å². The molecule has 0 saturated heterocycles. The number of carbonyl (C=O) groups is 2. The lowest BCUT2D eigenvalue weighted by Gasteiger charge is -2.26. The van der Waals surface area contributed by atoms with Gasteiger partial charge in [-0.3, -0.25) is 0 Å². The molecule has 0 aliphatic rings. The summed E-state index contributed by atoms with van der Waals surface area (Å²) >= 11 is 0. The molecule has 4 aromatic rings. The lowest BCUT2D eigenvalue weighted by Crippen LogP contribution is -2.10. The summed E-state index contributed by atoms with van der Waals surface area (Å²) in [5.41, 5.74) is 3.65. The van der Waals surface area contributed by atoms with E-state index in [1.807, 2.05) is 48.5 Å². The van der Waals surface area contributed by atoms with E-state index in [1.54, 1.807) is 12.1 Å². The number of carbonyl (C=O) groups excluding carboxylic acids is 2. The molecule has 0 saturated carbocycles. The Bertz CT molecular complexity index is 1340. The van der Waals surface area contributed by atoms with E-state index >= 15 is 0 Å². The SMILES string of the molecule is C=CC(=O)OCc1ccc(N(c2ccc(OC(=O)C=C)cc2)c2ccc3ccccc3c2)cc1. The van der Waals surface area contributed by atoms with E-state index in [1.165, 1.54) is 0 Å². The first-order valence-electron chi connectivity index (χ1n) is 10.7. The van der Waals surface area contributed by atoms with Crippen LogP contribution in [0.5, 0.6) is 5.75 Å². The molecule has 5 heteroatoms. The molecule has 4 rings (SSSR count). The summed E-state index contributed by atoms with van der Waals surface area (Å²) in [6.45, 7) is 7.01. The standard InChI is InChI=1S/C29H23NO4/c1-3-28(31)33-20-21-9-12-24(13-10-21)30(25-15-17-27(18-16-25)34-29(32)4-2)26-14-11-22-7-5-6-8-23(22)19-26/h3-19H,1-2,20H2. The molecule has 0 bridgehead atoms. The summed E-state index contributed by atoms with van der Waals surface area (Å²) in [5.74, 6) is -0.530. The molecule has 0 unspecified atom stereocenters. The number of rotatable bonds is 8. The molecule has 0 amide bonds. The number of nitrogens with zero attached hydrogens (tertiary/aromatic N) is 1. The number of benzene rings is 4. The van der Waals surface area contributed by atoms with Crippen molar-refractivity contribution in [1.29, 1.82) is 0 Å². The van der Waals surface area contributed by atoms with E-state index in [9.17, 15) is 9.59 Å². The summed E-state index contributed by atoms with van der Waals surface area (Å²) in [5, 5.41) is 2.27. The van der Waals surface area contributed by atoms with Crippen molar-refractivity contribution in [3.63, 3.8) is 0 Å². The molecule has 168 valence electrons. The zero-order chi connectivity index (χ0) is 23.9. The molecule has 0 radical (unpaired) electrons. The first-order chi connectivity index (χ1) is 16.6. The van der Waals surface area contributed by atoms with Crippen molar-refractivity contribution in [1.82, 2.24) is 0 Å². The highest BCUT2D eigenvalue weighted by Gasteiger charge is 2.14. The van der Waals surface area contributed by atoms with Gasteiger partial charge < -0.3 is 14.4 Å². The smallest absolute Gasteiger partial charge is 0.335 e. The molecule has 0 heterocycles. The molecule has 0 spiro atoms. The van der Waals surface area contributed by atoms with Gasteiger partial charge in [-0.05, 0) is 64.9 Å². The van der Waals surface area contributed by atoms with Gasteiger partial charge in [-0.1, -0.05) is 55.6 Å². The third-order valence-electron chi connectivity index (χ3n) is 5.21. The maximum Gasteiger partial charge on any atom is 0.335 e. The minimum atomic E-state index is -0.508. The quantitative estimate of drug-likeness (QED) is 0.172. The summed E-state index contributed by atoms with van der Waals surface area (Å²) in [4.78, 5) is 25.0. The Morgan fingerprint density at radius 3 is 1.94 bits per heavy atom. The van der Waals surface area contributed by atoms with E-state index in [2.05, 4.69) is 48.4 Å². The second-order valence-electron chi connectivity index (χ2n) is 7.46. The van der Waals surface area contributed by atoms with Gasteiger partial charge in [0.2, 0.25) is 0 Å². The summed E-state index contributed by atoms with van der Waals surface area (Å²) in [6, 6.07) is 29.5. The monoisotopic (exact) mass is 449 g/mol. The fourth-order valence-electron chi connectivity index (χ4n) is 3.54. The highest BCUT2D eigenvalue weighted by Crippen LogP contribution is 2.36. The van der Waals surface area contributed by atoms with E-state index < -0.39 is 11.9 Å². The average Bonchev–Trinajstić information content (AvgIpc) is 2.89. The first-order valence-corrected chi connectivity index (χ1v) is 10.7. The van der Waals surface area contributed by atoms with Crippen molar-refractivity contribution in [3.8, 4) is 5.75 Å². The van der Waals surface area contributed by atoms with E-state index in [4.69, 9.17) is 9.47 Å². The van der Waals surface area contributed by atoms with Gasteiger partial charge in [0.25, 0.3) is 0 Å². The van der Waals surface area contributed by atoms with Crippen molar-refractivity contribution >= 4 is 39.8 Å². The zero-order valence-corrected chi connectivity index (χ0v) is 18.5. The molecule has 0 aliphatic heterocycles.